The van der Waals surface area contributed by atoms with Crippen LogP contribution in [0.15, 0.2) is 57.9 Å². The molecule has 1 saturated heterocycles. The second-order valence-corrected chi connectivity index (χ2v) is 8.78. The van der Waals surface area contributed by atoms with Crippen molar-refractivity contribution in [3.63, 3.8) is 0 Å². The van der Waals surface area contributed by atoms with Crippen molar-refractivity contribution in [3.05, 3.63) is 90.5 Å². The van der Waals surface area contributed by atoms with Gasteiger partial charge in [0.2, 0.25) is 0 Å². The number of rotatable bonds is 5. The average Bonchev–Trinajstić information content (AvgIpc) is 3.31. The molecular formula is C22H14Cl2N2O5S. The van der Waals surface area contributed by atoms with Gasteiger partial charge in [-0.3, -0.25) is 24.6 Å². The van der Waals surface area contributed by atoms with Crippen molar-refractivity contribution >= 4 is 57.9 Å². The highest BCUT2D eigenvalue weighted by molar-refractivity contribution is 8.18. The Morgan fingerprint density at radius 1 is 1.09 bits per heavy atom. The van der Waals surface area contributed by atoms with Gasteiger partial charge in [0, 0.05) is 23.8 Å². The summed E-state index contributed by atoms with van der Waals surface area (Å²) in [4.78, 5) is 37.1. The number of carbonyl (C=O) groups is 2. The molecule has 7 nitrogen and oxygen atoms in total. The van der Waals surface area contributed by atoms with E-state index in [4.69, 9.17) is 27.6 Å². The largest absolute Gasteiger partial charge is 0.457 e. The van der Waals surface area contributed by atoms with Crippen molar-refractivity contribution in [2.45, 2.75) is 13.5 Å². The fourth-order valence-electron chi connectivity index (χ4n) is 3.15. The van der Waals surface area contributed by atoms with Crippen LogP contribution in [0.25, 0.3) is 17.4 Å². The topological polar surface area (TPSA) is 93.7 Å². The molecule has 1 aromatic heterocycles. The average molecular weight is 489 g/mol. The number of nitrogens with zero attached hydrogens (tertiary/aromatic N) is 2. The highest BCUT2D eigenvalue weighted by Crippen LogP contribution is 2.35. The van der Waals surface area contributed by atoms with Crippen molar-refractivity contribution in [2.24, 2.45) is 0 Å². The quantitative estimate of drug-likeness (QED) is 0.225. The summed E-state index contributed by atoms with van der Waals surface area (Å²) in [7, 11) is 0. The lowest BCUT2D eigenvalue weighted by molar-refractivity contribution is -0.384. The first kappa shape index (κ1) is 22.1. The number of aryl methyl sites for hydroxylation is 1. The molecule has 2 heterocycles. The molecule has 1 aliphatic heterocycles. The maximum absolute atomic E-state index is 12.8. The molecule has 2 amide bonds. The van der Waals surface area contributed by atoms with Gasteiger partial charge < -0.3 is 4.42 Å². The number of hydrogen-bond donors (Lipinski definition) is 0. The van der Waals surface area contributed by atoms with Crippen molar-refractivity contribution in [1.82, 2.24) is 4.90 Å². The van der Waals surface area contributed by atoms with Crippen LogP contribution < -0.4 is 0 Å². The minimum absolute atomic E-state index is 0.0491. The van der Waals surface area contributed by atoms with E-state index >= 15 is 0 Å². The molecule has 0 spiro atoms. The summed E-state index contributed by atoms with van der Waals surface area (Å²) in [5, 5.41) is 11.4. The summed E-state index contributed by atoms with van der Waals surface area (Å²) in [6, 6.07) is 12.7. The molecule has 162 valence electrons. The number of non-ortho nitro benzene ring substituents is 1. The zero-order valence-electron chi connectivity index (χ0n) is 16.5. The number of amides is 2. The normalized spacial score (nSPS) is 15.1. The number of furan rings is 1. The summed E-state index contributed by atoms with van der Waals surface area (Å²) in [6.07, 6.45) is 1.48. The van der Waals surface area contributed by atoms with Crippen LogP contribution in [0.2, 0.25) is 10.0 Å². The fourth-order valence-corrected chi connectivity index (χ4v) is 4.29. The number of halogens is 2. The zero-order chi connectivity index (χ0) is 23.0. The van der Waals surface area contributed by atoms with Crippen LogP contribution in [-0.2, 0) is 11.3 Å². The predicted octanol–water partition coefficient (Wildman–Crippen LogP) is 6.71. The molecule has 10 heteroatoms. The highest BCUT2D eigenvalue weighted by atomic mass is 35.5. The van der Waals surface area contributed by atoms with Crippen LogP contribution in [-0.4, -0.2) is 21.0 Å². The van der Waals surface area contributed by atoms with Gasteiger partial charge in [-0.1, -0.05) is 35.3 Å². The number of nitro benzene ring substituents is 1. The first-order valence-corrected chi connectivity index (χ1v) is 10.8. The fraction of sp³-hybridized carbons (Fsp3) is 0.0909. The minimum Gasteiger partial charge on any atom is -0.457 e. The van der Waals surface area contributed by atoms with Gasteiger partial charge in [0.05, 0.1) is 26.4 Å². The molecule has 0 radical (unpaired) electrons. The van der Waals surface area contributed by atoms with Gasteiger partial charge in [-0.15, -0.1) is 0 Å². The smallest absolute Gasteiger partial charge is 0.293 e. The van der Waals surface area contributed by atoms with Crippen LogP contribution >= 0.6 is 35.0 Å². The van der Waals surface area contributed by atoms with Gasteiger partial charge in [-0.25, -0.2) is 0 Å². The molecule has 4 rings (SSSR count). The third-order valence-corrected chi connectivity index (χ3v) is 6.44. The third kappa shape index (κ3) is 4.43. The zero-order valence-corrected chi connectivity index (χ0v) is 18.8. The van der Waals surface area contributed by atoms with E-state index in [1.165, 1.54) is 18.2 Å². The molecule has 32 heavy (non-hydrogen) atoms. The number of benzene rings is 2. The molecule has 0 aliphatic carbocycles. The van der Waals surface area contributed by atoms with Crippen molar-refractivity contribution in [2.75, 3.05) is 0 Å². The van der Waals surface area contributed by atoms with Crippen LogP contribution in [0, 0.1) is 17.0 Å². The van der Waals surface area contributed by atoms with Crippen LogP contribution in [0.3, 0.4) is 0 Å². The van der Waals surface area contributed by atoms with E-state index in [0.717, 1.165) is 22.2 Å². The lowest BCUT2D eigenvalue weighted by atomic mass is 10.1. The van der Waals surface area contributed by atoms with E-state index in [1.54, 1.807) is 36.4 Å². The lowest BCUT2D eigenvalue weighted by Gasteiger charge is -2.12. The Morgan fingerprint density at radius 3 is 2.59 bits per heavy atom. The maximum atomic E-state index is 12.8. The van der Waals surface area contributed by atoms with Gasteiger partial charge in [-0.2, -0.15) is 0 Å². The molecular weight excluding hydrogens is 475 g/mol. The van der Waals surface area contributed by atoms with Crippen molar-refractivity contribution < 1.29 is 18.9 Å². The van der Waals surface area contributed by atoms with Gasteiger partial charge in [0.1, 0.15) is 11.5 Å². The molecule has 2 aromatic carbocycles. The second-order valence-electron chi connectivity index (χ2n) is 6.97. The van der Waals surface area contributed by atoms with Gasteiger partial charge in [0.15, 0.2) is 0 Å². The van der Waals surface area contributed by atoms with Gasteiger partial charge >= 0.3 is 0 Å². The summed E-state index contributed by atoms with van der Waals surface area (Å²) >= 11 is 12.7. The standard InChI is InChI=1S/C22H14Cl2N2O5S/c1-12-2-4-14(26(29)30)9-16(12)19-7-5-15(31-19)10-20-21(27)25(22(28)32-20)11-13-3-6-17(23)18(24)8-13/h2-10H,11H2,1H3/b20-10-. The van der Waals surface area contributed by atoms with E-state index in [2.05, 4.69) is 0 Å². The summed E-state index contributed by atoms with van der Waals surface area (Å²) < 4.78 is 5.79. The van der Waals surface area contributed by atoms with Gasteiger partial charge in [0.25, 0.3) is 16.8 Å². The Kier molecular flexibility index (Phi) is 6.10. The van der Waals surface area contributed by atoms with Crippen LogP contribution in [0.4, 0.5) is 10.5 Å². The molecule has 0 bridgehead atoms. The van der Waals surface area contributed by atoms with E-state index in [9.17, 15) is 19.7 Å². The molecule has 1 aliphatic rings. The first-order chi connectivity index (χ1) is 15.2. The number of hydrogen-bond acceptors (Lipinski definition) is 6. The monoisotopic (exact) mass is 488 g/mol. The Labute approximate surface area is 196 Å². The van der Waals surface area contributed by atoms with Crippen molar-refractivity contribution in [1.29, 1.82) is 0 Å². The Hall–Kier alpha value is -3.07. The number of nitro groups is 1. The first-order valence-electron chi connectivity index (χ1n) is 9.27. The molecule has 3 aromatic rings. The maximum Gasteiger partial charge on any atom is 0.293 e. The Bertz CT molecular complexity index is 1300. The van der Waals surface area contributed by atoms with Crippen LogP contribution in [0.5, 0.6) is 0 Å². The van der Waals surface area contributed by atoms with E-state index in [-0.39, 0.29) is 17.1 Å². The molecule has 0 saturated carbocycles. The van der Waals surface area contributed by atoms with Gasteiger partial charge in [-0.05, 0) is 54.1 Å². The summed E-state index contributed by atoms with van der Waals surface area (Å²) in [6.45, 7) is 1.88. The highest BCUT2D eigenvalue weighted by Gasteiger charge is 2.35. The lowest BCUT2D eigenvalue weighted by Crippen LogP contribution is -2.27. The summed E-state index contributed by atoms with van der Waals surface area (Å²) in [5.74, 6) is 0.328. The predicted molar refractivity (Wildman–Crippen MR) is 124 cm³/mol. The summed E-state index contributed by atoms with van der Waals surface area (Å²) in [5.41, 5.74) is 2.00. The molecule has 0 N–H and O–H groups in total. The van der Waals surface area contributed by atoms with Crippen molar-refractivity contribution in [3.8, 4) is 11.3 Å². The Morgan fingerprint density at radius 2 is 1.88 bits per heavy atom. The molecule has 0 atom stereocenters. The third-order valence-electron chi connectivity index (χ3n) is 4.80. The van der Waals surface area contributed by atoms with Crippen LogP contribution in [0.1, 0.15) is 16.9 Å². The number of thioether (sulfide) groups is 1. The van der Waals surface area contributed by atoms with E-state index in [0.29, 0.717) is 32.7 Å². The number of carbonyl (C=O) groups excluding carboxylic acids is 2. The number of imide groups is 1. The van der Waals surface area contributed by atoms with E-state index < -0.39 is 16.1 Å². The van der Waals surface area contributed by atoms with E-state index in [1.807, 2.05) is 6.92 Å². The molecule has 0 unspecified atom stereocenters. The minimum atomic E-state index is -0.476. The SMILES string of the molecule is Cc1ccc([N+](=O)[O-])cc1-c1ccc(/C=C2\SC(=O)N(Cc3ccc(Cl)c(Cl)c3)C2=O)o1. The molecule has 1 fully saturated rings. The second kappa shape index (κ2) is 8.82. The Balaban J connectivity index is 1.56.